The Balaban J connectivity index is 1.97. The number of ether oxygens (including phenoxy) is 3. The second kappa shape index (κ2) is 8.25. The van der Waals surface area contributed by atoms with Crippen molar-refractivity contribution in [2.75, 3.05) is 25.5 Å². The largest absolute Gasteiger partial charge is 0.478 e. The summed E-state index contributed by atoms with van der Waals surface area (Å²) in [6.45, 7) is -0.945. The molecule has 0 unspecified atom stereocenters. The Labute approximate surface area is 169 Å². The molecule has 0 aliphatic rings. The lowest BCUT2D eigenvalue weighted by atomic mass is 10.2. The van der Waals surface area contributed by atoms with Crippen LogP contribution in [0.2, 0.25) is 5.02 Å². The number of anilines is 1. The van der Waals surface area contributed by atoms with Crippen LogP contribution in [0.1, 0.15) is 0 Å². The zero-order valence-corrected chi connectivity index (χ0v) is 16.6. The summed E-state index contributed by atoms with van der Waals surface area (Å²) < 4.78 is 67.6. The monoisotopic (exact) mass is 448 g/mol. The molecule has 2 N–H and O–H groups in total. The molecule has 0 aliphatic carbocycles. The second-order valence-electron chi connectivity index (χ2n) is 5.55. The molecule has 0 aliphatic heterocycles. The Morgan fingerprint density at radius 2 is 1.86 bits per heavy atom. The smallest absolute Gasteiger partial charge is 0.272 e. The summed E-state index contributed by atoms with van der Waals surface area (Å²) in [6.07, 6.45) is -1.46. The number of nitrogens with one attached hydrogen (secondary N) is 2. The number of benzene rings is 1. The highest BCUT2D eigenvalue weighted by Crippen LogP contribution is 2.36. The lowest BCUT2D eigenvalue weighted by Gasteiger charge is -2.14. The maximum atomic E-state index is 12.8. The van der Waals surface area contributed by atoms with Crippen LogP contribution in [0.15, 0.2) is 29.3 Å². The first kappa shape index (κ1) is 20.9. The van der Waals surface area contributed by atoms with Crippen LogP contribution in [-0.2, 0) is 10.0 Å². The van der Waals surface area contributed by atoms with Gasteiger partial charge < -0.3 is 19.2 Å². The van der Waals surface area contributed by atoms with Crippen molar-refractivity contribution in [3.8, 4) is 17.5 Å². The normalized spacial score (nSPS) is 11.7. The summed E-state index contributed by atoms with van der Waals surface area (Å²) in [6, 6.07) is 4.67. The van der Waals surface area contributed by atoms with Crippen LogP contribution in [0.25, 0.3) is 10.9 Å². The second-order valence-corrected chi connectivity index (χ2v) is 7.63. The van der Waals surface area contributed by atoms with Gasteiger partial charge in [-0.05, 0) is 18.2 Å². The van der Waals surface area contributed by atoms with Crippen LogP contribution in [0.3, 0.4) is 0 Å². The molecule has 29 heavy (non-hydrogen) atoms. The first-order chi connectivity index (χ1) is 13.7. The van der Waals surface area contributed by atoms with E-state index in [0.717, 1.165) is 0 Å². The Bertz CT molecular complexity index is 1110. The zero-order valence-electron chi connectivity index (χ0n) is 15.1. The lowest BCUT2D eigenvalue weighted by Crippen LogP contribution is -2.16. The number of fused-ring (bicyclic) bond motifs is 1. The van der Waals surface area contributed by atoms with E-state index in [4.69, 9.17) is 25.8 Å². The van der Waals surface area contributed by atoms with E-state index in [2.05, 4.69) is 19.7 Å². The van der Waals surface area contributed by atoms with Crippen molar-refractivity contribution in [1.82, 2.24) is 15.0 Å². The third-order valence-electron chi connectivity index (χ3n) is 3.66. The van der Waals surface area contributed by atoms with E-state index in [1.807, 2.05) is 0 Å². The summed E-state index contributed by atoms with van der Waals surface area (Å²) >= 11 is 5.91. The predicted octanol–water partition coefficient (Wildman–Crippen LogP) is 3.07. The zero-order chi connectivity index (χ0) is 21.2. The maximum Gasteiger partial charge on any atom is 0.272 e. The van der Waals surface area contributed by atoms with Gasteiger partial charge >= 0.3 is 0 Å². The standard InChI is InChI=1S/C16H15ClF2N4O5S/c1-26-14-13(28-7-12(18)19)15(27-2)22-16(21-14)23-29(24,25)11-6-20-10-5-8(17)3-4-9(10)11/h3-6,12,20H,7H2,1-2H3,(H,21,22,23). The number of sulfonamides is 1. The first-order valence-corrected chi connectivity index (χ1v) is 9.81. The van der Waals surface area contributed by atoms with Crippen molar-refractivity contribution in [1.29, 1.82) is 0 Å². The Morgan fingerprint density at radius 3 is 2.45 bits per heavy atom. The molecule has 0 saturated carbocycles. The number of hydrogen-bond donors (Lipinski definition) is 2. The van der Waals surface area contributed by atoms with Gasteiger partial charge in [0.2, 0.25) is 11.7 Å². The molecule has 0 fully saturated rings. The maximum absolute atomic E-state index is 12.8. The van der Waals surface area contributed by atoms with Gasteiger partial charge in [0, 0.05) is 22.1 Å². The molecule has 3 rings (SSSR count). The van der Waals surface area contributed by atoms with Gasteiger partial charge in [-0.15, -0.1) is 0 Å². The van der Waals surface area contributed by atoms with E-state index in [-0.39, 0.29) is 22.4 Å². The number of nitrogens with zero attached hydrogens (tertiary/aromatic N) is 2. The summed E-state index contributed by atoms with van der Waals surface area (Å²) in [4.78, 5) is 10.5. The fourth-order valence-electron chi connectivity index (χ4n) is 2.47. The SMILES string of the molecule is COc1nc(NS(=O)(=O)c2c[nH]c3cc(Cl)ccc23)nc(OC)c1OCC(F)F. The topological polar surface area (TPSA) is 115 Å². The number of halogens is 3. The van der Waals surface area contributed by atoms with Crippen molar-refractivity contribution >= 4 is 38.5 Å². The summed E-state index contributed by atoms with van der Waals surface area (Å²) in [5.74, 6) is -1.23. The van der Waals surface area contributed by atoms with Gasteiger partial charge in [-0.3, -0.25) is 0 Å². The molecule has 1 aromatic carbocycles. The summed E-state index contributed by atoms with van der Waals surface area (Å²) in [5, 5.41) is 0.839. The van der Waals surface area contributed by atoms with E-state index >= 15 is 0 Å². The van der Waals surface area contributed by atoms with Crippen molar-refractivity contribution < 1.29 is 31.4 Å². The molecular weight excluding hydrogens is 434 g/mol. The Morgan fingerprint density at radius 1 is 1.21 bits per heavy atom. The Kier molecular flexibility index (Phi) is 5.94. The number of hydrogen-bond acceptors (Lipinski definition) is 7. The van der Waals surface area contributed by atoms with Crippen LogP contribution in [0.4, 0.5) is 14.7 Å². The molecule has 0 saturated heterocycles. The molecule has 156 valence electrons. The van der Waals surface area contributed by atoms with Gasteiger partial charge in [0.1, 0.15) is 11.5 Å². The molecule has 0 bridgehead atoms. The molecule has 0 spiro atoms. The highest BCUT2D eigenvalue weighted by Gasteiger charge is 2.24. The highest BCUT2D eigenvalue weighted by atomic mass is 35.5. The van der Waals surface area contributed by atoms with Crippen LogP contribution in [0, 0.1) is 0 Å². The van der Waals surface area contributed by atoms with Gasteiger partial charge in [-0.2, -0.15) is 9.97 Å². The molecule has 9 nitrogen and oxygen atoms in total. The van der Waals surface area contributed by atoms with E-state index in [9.17, 15) is 17.2 Å². The Hall–Kier alpha value is -2.86. The first-order valence-electron chi connectivity index (χ1n) is 7.95. The molecular formula is C16H15ClF2N4O5S. The third-order valence-corrected chi connectivity index (χ3v) is 5.27. The lowest BCUT2D eigenvalue weighted by molar-refractivity contribution is 0.0781. The van der Waals surface area contributed by atoms with Gasteiger partial charge in [0.05, 0.1) is 14.2 Å². The minimum atomic E-state index is -4.12. The number of methoxy groups -OCH3 is 2. The minimum absolute atomic E-state index is 0.0660. The number of rotatable bonds is 8. The van der Waals surface area contributed by atoms with Crippen molar-refractivity contribution in [2.24, 2.45) is 0 Å². The predicted molar refractivity (Wildman–Crippen MR) is 101 cm³/mol. The molecule has 2 aromatic heterocycles. The van der Waals surface area contributed by atoms with E-state index < -0.39 is 29.0 Å². The summed E-state index contributed by atoms with van der Waals surface area (Å²) in [5.41, 5.74) is 0.518. The quantitative estimate of drug-likeness (QED) is 0.544. The van der Waals surface area contributed by atoms with Crippen LogP contribution >= 0.6 is 11.6 Å². The molecule has 2 heterocycles. The van der Waals surface area contributed by atoms with Crippen LogP contribution < -0.4 is 18.9 Å². The number of aromatic nitrogens is 3. The molecule has 0 atom stereocenters. The van der Waals surface area contributed by atoms with Crippen LogP contribution in [0.5, 0.6) is 17.5 Å². The number of H-pyrrole nitrogens is 1. The van der Waals surface area contributed by atoms with E-state index in [1.165, 1.54) is 20.4 Å². The fraction of sp³-hybridized carbons (Fsp3) is 0.250. The highest BCUT2D eigenvalue weighted by molar-refractivity contribution is 7.93. The van der Waals surface area contributed by atoms with Crippen molar-refractivity contribution in [3.05, 3.63) is 29.4 Å². The third kappa shape index (κ3) is 4.43. The minimum Gasteiger partial charge on any atom is -0.478 e. The summed E-state index contributed by atoms with van der Waals surface area (Å²) in [7, 11) is -1.71. The van der Waals surface area contributed by atoms with Gasteiger partial charge in [-0.25, -0.2) is 21.9 Å². The van der Waals surface area contributed by atoms with Gasteiger partial charge in [-0.1, -0.05) is 11.6 Å². The fourth-order valence-corrected chi connectivity index (χ4v) is 3.77. The molecule has 0 radical (unpaired) electrons. The van der Waals surface area contributed by atoms with Crippen molar-refractivity contribution in [3.63, 3.8) is 0 Å². The molecule has 13 heteroatoms. The average molecular weight is 449 g/mol. The number of alkyl halides is 2. The molecule has 3 aromatic rings. The van der Waals surface area contributed by atoms with Crippen molar-refractivity contribution in [2.45, 2.75) is 11.3 Å². The van der Waals surface area contributed by atoms with E-state index in [0.29, 0.717) is 15.9 Å². The van der Waals surface area contributed by atoms with Crippen LogP contribution in [-0.4, -0.2) is 50.6 Å². The molecule has 0 amide bonds. The van der Waals surface area contributed by atoms with E-state index in [1.54, 1.807) is 18.2 Å². The van der Waals surface area contributed by atoms with Gasteiger partial charge in [0.25, 0.3) is 28.2 Å². The average Bonchev–Trinajstić information content (AvgIpc) is 3.09. The number of aromatic amines is 1. The van der Waals surface area contributed by atoms with Gasteiger partial charge in [0.15, 0.2) is 0 Å².